The third kappa shape index (κ3) is 22.0. The van der Waals surface area contributed by atoms with E-state index in [-0.39, 0.29) is 16.7 Å². The van der Waals surface area contributed by atoms with E-state index in [2.05, 4.69) is 60.6 Å². The van der Waals surface area contributed by atoms with Crippen LogP contribution in [0, 0.1) is 0 Å². The number of benzene rings is 2. The summed E-state index contributed by atoms with van der Waals surface area (Å²) in [6.45, 7) is 20.8. The van der Waals surface area contributed by atoms with Gasteiger partial charge in [-0.25, -0.2) is 13.0 Å². The van der Waals surface area contributed by atoms with Crippen LogP contribution in [0.15, 0.2) is 69.6 Å². The lowest BCUT2D eigenvalue weighted by Crippen LogP contribution is -2.36. The Morgan fingerprint density at radius 3 is 1.68 bits per heavy atom. The average molecular weight is 1050 g/mol. The number of methoxy groups -OCH3 is 2. The van der Waals surface area contributed by atoms with Crippen molar-refractivity contribution in [2.45, 2.75) is 76.0 Å². The van der Waals surface area contributed by atoms with Crippen LogP contribution in [0.2, 0.25) is 0 Å². The highest BCUT2D eigenvalue weighted by atomic mass is 32.2. The van der Waals surface area contributed by atoms with Crippen molar-refractivity contribution in [2.75, 3.05) is 158 Å². The number of hydrogen-bond acceptors (Lipinski definition) is 16. The minimum Gasteiger partial charge on any atom is -0.744 e. The minimum absolute atomic E-state index is 0.0946. The quantitative estimate of drug-likeness (QED) is 0.0388. The van der Waals surface area contributed by atoms with Gasteiger partial charge >= 0.3 is 5.97 Å². The highest BCUT2D eigenvalue weighted by Crippen LogP contribution is 2.48. The number of rotatable bonds is 39. The summed E-state index contributed by atoms with van der Waals surface area (Å²) in [5, 5.41) is 10.1. The molecule has 1 N–H and O–H groups in total. The Kier molecular flexibility index (Phi) is 27.8. The first-order valence-electron chi connectivity index (χ1n) is 25.3. The molecule has 0 spiro atoms. The van der Waals surface area contributed by atoms with Crippen molar-refractivity contribution >= 4 is 27.9 Å². The first-order valence-corrected chi connectivity index (χ1v) is 26.7. The molecule has 0 saturated heterocycles. The van der Waals surface area contributed by atoms with E-state index in [9.17, 15) is 22.9 Å². The molecule has 73 heavy (non-hydrogen) atoms. The van der Waals surface area contributed by atoms with Gasteiger partial charge in [-0.2, -0.15) is 0 Å². The zero-order valence-corrected chi connectivity index (χ0v) is 45.1. The standard InChI is InChI=1S/C54H82N2O16S/c1-53(2,3)51-40-43(12-11-13-50-54(4,5)47-42-45(73(59,60)61)16-18-48(47)56(50)19-10-8-9-14-52(57)58)46-17-15-44(41-49(46)72-51)55(20-22-64-28-30-68-36-38-70-34-32-66-26-24-62-6)21-23-65-29-31-69-37-39-71-35-33-67-27-25-63-7/h11-13,15-18,40-42H,8-10,14,19-39H2,1-7H3,(H-,57,58,59,60,61). The van der Waals surface area contributed by atoms with E-state index in [1.807, 2.05) is 26.0 Å². The summed E-state index contributed by atoms with van der Waals surface area (Å²) >= 11 is 0. The lowest BCUT2D eigenvalue weighted by atomic mass is 9.83. The van der Waals surface area contributed by atoms with Gasteiger partial charge in [-0.15, -0.1) is 0 Å². The van der Waals surface area contributed by atoms with Gasteiger partial charge in [0.15, 0.2) is 13.1 Å². The molecule has 0 saturated carbocycles. The molecule has 0 fully saturated rings. The largest absolute Gasteiger partial charge is 0.744 e. The Hall–Kier alpha value is -4.09. The van der Waals surface area contributed by atoms with Crippen LogP contribution in [0.5, 0.6) is 0 Å². The van der Waals surface area contributed by atoms with Crippen LogP contribution >= 0.6 is 0 Å². The Morgan fingerprint density at radius 2 is 1.21 bits per heavy atom. The van der Waals surface area contributed by atoms with Gasteiger partial charge in [0.05, 0.1) is 117 Å². The van der Waals surface area contributed by atoms with Crippen LogP contribution in [0.25, 0.3) is 17.4 Å². The van der Waals surface area contributed by atoms with Crippen molar-refractivity contribution in [3.63, 3.8) is 0 Å². The number of aliphatic carboxylic acids is 1. The van der Waals surface area contributed by atoms with Crippen LogP contribution in [-0.2, 0) is 73.1 Å². The molecule has 4 rings (SSSR count). The number of hydrogen-bond donors (Lipinski definition) is 1. The first kappa shape index (κ1) is 61.5. The van der Waals surface area contributed by atoms with Crippen LogP contribution in [0.3, 0.4) is 0 Å². The molecule has 1 aromatic rings. The molecule has 410 valence electrons. The van der Waals surface area contributed by atoms with Gasteiger partial charge in [-0.3, -0.25) is 4.79 Å². The maximum atomic E-state index is 12.1. The second-order valence-corrected chi connectivity index (χ2v) is 20.3. The molecule has 1 aliphatic carbocycles. The van der Waals surface area contributed by atoms with E-state index in [4.69, 9.17) is 51.8 Å². The SMILES string of the molecule is COCCOCCOCCOCCOCC[N+](CCOCCOCCOCCOCCOC)=c1ccc2c(/C=C/C=C3/N(CCCCCC(=O)O)c4ccc(S(=O)(=O)[O-])cc4C3(C)C)cc(C(C)(C)C)oc-2c1. The fourth-order valence-corrected chi connectivity index (χ4v) is 8.45. The van der Waals surface area contributed by atoms with Crippen molar-refractivity contribution in [3.8, 4) is 11.3 Å². The Labute approximate surface area is 433 Å². The second-order valence-electron chi connectivity index (χ2n) is 18.9. The predicted molar refractivity (Wildman–Crippen MR) is 277 cm³/mol. The van der Waals surface area contributed by atoms with Crippen molar-refractivity contribution in [1.29, 1.82) is 0 Å². The van der Waals surface area contributed by atoms with Gasteiger partial charge in [0.25, 0.3) is 0 Å². The molecule has 3 aliphatic rings. The topological polar surface area (TPSA) is 206 Å². The molecular formula is C54H82N2O16S. The van der Waals surface area contributed by atoms with E-state index >= 15 is 0 Å². The molecule has 0 bridgehead atoms. The smallest absolute Gasteiger partial charge is 0.303 e. The Bertz CT molecular complexity index is 2250. The lowest BCUT2D eigenvalue weighted by molar-refractivity contribution is -0.137. The number of fused-ring (bicyclic) bond motifs is 2. The van der Waals surface area contributed by atoms with Crippen molar-refractivity contribution < 1.29 is 74.7 Å². The average Bonchev–Trinajstić information content (AvgIpc) is 3.56. The summed E-state index contributed by atoms with van der Waals surface area (Å²) in [6.07, 6.45) is 8.16. The maximum absolute atomic E-state index is 12.1. The number of carboxylic acids is 1. The number of allylic oxidation sites excluding steroid dienone is 3. The molecule has 0 atom stereocenters. The van der Waals surface area contributed by atoms with E-state index < -0.39 is 21.5 Å². The predicted octanol–water partition coefficient (Wildman–Crippen LogP) is 6.12. The molecule has 0 aromatic heterocycles. The maximum Gasteiger partial charge on any atom is 0.303 e. The van der Waals surface area contributed by atoms with Crippen LogP contribution in [-0.4, -0.2) is 177 Å². The number of ether oxygens (including phenoxy) is 10. The molecule has 2 aliphatic heterocycles. The first-order chi connectivity index (χ1) is 35.1. The van der Waals surface area contributed by atoms with Gasteiger partial charge in [-0.05, 0) is 60.4 Å². The fraction of sp³-hybridized carbons (Fsp3) is 0.630. The zero-order valence-electron chi connectivity index (χ0n) is 44.3. The van der Waals surface area contributed by atoms with Gasteiger partial charge in [0.1, 0.15) is 34.9 Å². The molecule has 0 radical (unpaired) electrons. The van der Waals surface area contributed by atoms with E-state index in [0.29, 0.717) is 157 Å². The number of nitrogens with zero attached hydrogens (tertiary/aromatic N) is 2. The lowest BCUT2D eigenvalue weighted by Gasteiger charge is -2.27. The summed E-state index contributed by atoms with van der Waals surface area (Å²) in [5.41, 5.74) is 3.36. The molecular weight excluding hydrogens is 965 g/mol. The molecule has 19 heteroatoms. The summed E-state index contributed by atoms with van der Waals surface area (Å²) in [5.74, 6) is 0.679. The number of carbonyl (C=O) groups is 1. The molecule has 0 unspecified atom stereocenters. The monoisotopic (exact) mass is 1050 g/mol. The van der Waals surface area contributed by atoms with E-state index in [0.717, 1.165) is 45.6 Å². The molecule has 0 amide bonds. The van der Waals surface area contributed by atoms with E-state index in [1.165, 1.54) is 12.1 Å². The zero-order chi connectivity index (χ0) is 53.0. The van der Waals surface area contributed by atoms with Gasteiger partial charge in [-0.1, -0.05) is 53.2 Å². The van der Waals surface area contributed by atoms with Crippen LogP contribution in [0.4, 0.5) is 5.69 Å². The molecule has 18 nitrogen and oxygen atoms in total. The van der Waals surface area contributed by atoms with Gasteiger partial charge in [0.2, 0.25) is 5.36 Å². The summed E-state index contributed by atoms with van der Waals surface area (Å²) in [4.78, 5) is 13.1. The van der Waals surface area contributed by atoms with Crippen LogP contribution < -0.4 is 14.8 Å². The summed E-state index contributed by atoms with van der Waals surface area (Å²) < 4.78 is 101. The second kappa shape index (κ2) is 33.1. The number of unbranched alkanes of at least 4 members (excludes halogenated alkanes) is 2. The third-order valence-electron chi connectivity index (χ3n) is 11.9. The van der Waals surface area contributed by atoms with E-state index in [1.54, 1.807) is 20.3 Å². The van der Waals surface area contributed by atoms with Crippen molar-refractivity contribution in [2.24, 2.45) is 0 Å². The molecule has 1 aromatic carbocycles. The Morgan fingerprint density at radius 1 is 0.699 bits per heavy atom. The number of anilines is 1. The third-order valence-corrected chi connectivity index (χ3v) is 12.8. The van der Waals surface area contributed by atoms with Crippen LogP contribution in [0.1, 0.15) is 77.2 Å². The highest BCUT2D eigenvalue weighted by Gasteiger charge is 2.40. The Balaban J connectivity index is 1.52. The summed E-state index contributed by atoms with van der Waals surface area (Å²) in [6, 6.07) is 12.8. The summed E-state index contributed by atoms with van der Waals surface area (Å²) in [7, 11) is -1.40. The van der Waals surface area contributed by atoms with Crippen molar-refractivity contribution in [3.05, 3.63) is 82.6 Å². The minimum atomic E-state index is -4.68. The number of carboxylic acid groups (broad SMARTS) is 1. The highest BCUT2D eigenvalue weighted by molar-refractivity contribution is 7.85. The fourth-order valence-electron chi connectivity index (χ4n) is 7.95. The van der Waals surface area contributed by atoms with Crippen molar-refractivity contribution in [1.82, 2.24) is 4.58 Å². The normalized spacial score (nSPS) is 14.3. The molecule has 2 heterocycles. The van der Waals surface area contributed by atoms with Gasteiger partial charge in [0, 0.05) is 61.0 Å². The van der Waals surface area contributed by atoms with Gasteiger partial charge < -0.3 is 66.3 Å².